The summed E-state index contributed by atoms with van der Waals surface area (Å²) in [6.07, 6.45) is 4.97. The number of amides is 1. The number of carbonyl (C=O) groups is 1. The lowest BCUT2D eigenvalue weighted by Crippen LogP contribution is -2.47. The summed E-state index contributed by atoms with van der Waals surface area (Å²) in [5.41, 5.74) is 3.84. The van der Waals surface area contributed by atoms with Gasteiger partial charge in [-0.05, 0) is 60.0 Å². The molecule has 1 saturated heterocycles. The number of carbonyl (C=O) groups excluding carboxylic acids is 1. The fourth-order valence-electron chi connectivity index (χ4n) is 6.77. The van der Waals surface area contributed by atoms with Crippen molar-refractivity contribution in [3.63, 3.8) is 0 Å². The van der Waals surface area contributed by atoms with Crippen LogP contribution in [0.5, 0.6) is 0 Å². The van der Waals surface area contributed by atoms with Crippen molar-refractivity contribution in [2.75, 3.05) is 51.7 Å². The molecule has 2 aliphatic carbocycles. The van der Waals surface area contributed by atoms with Crippen molar-refractivity contribution in [1.82, 2.24) is 9.80 Å². The number of piperazine rings is 1. The lowest BCUT2D eigenvalue weighted by atomic mass is 9.60. The second kappa shape index (κ2) is 9.54. The Morgan fingerprint density at radius 3 is 2.19 bits per heavy atom. The molecule has 180 valence electrons. The number of hydrogen-bond acceptors (Lipinski definition) is 3. The average molecular weight is 462 g/mol. The van der Waals surface area contributed by atoms with Crippen LogP contribution in [0.3, 0.4) is 0 Å². The minimum atomic E-state index is 0. The molecule has 0 radical (unpaired) electrons. The first-order chi connectivity index (χ1) is 14.5. The Morgan fingerprint density at radius 2 is 1.59 bits per heavy atom. The van der Waals surface area contributed by atoms with Gasteiger partial charge in [0.15, 0.2) is 0 Å². The minimum Gasteiger partial charge on any atom is -0.369 e. The summed E-state index contributed by atoms with van der Waals surface area (Å²) in [6, 6.07) is 9.20. The molecule has 3 aliphatic rings. The molecule has 1 heterocycles. The second-order valence-electron chi connectivity index (χ2n) is 12.3. The molecule has 4 rings (SSSR count). The van der Waals surface area contributed by atoms with Gasteiger partial charge in [-0.3, -0.25) is 9.69 Å². The van der Waals surface area contributed by atoms with Gasteiger partial charge in [0, 0.05) is 58.4 Å². The molecule has 2 unspecified atom stereocenters. The van der Waals surface area contributed by atoms with Crippen molar-refractivity contribution in [3.05, 3.63) is 29.8 Å². The first-order valence-electron chi connectivity index (χ1n) is 12.3. The van der Waals surface area contributed by atoms with E-state index in [-0.39, 0.29) is 18.3 Å². The van der Waals surface area contributed by atoms with Gasteiger partial charge < -0.3 is 9.80 Å². The minimum absolute atomic E-state index is 0. The van der Waals surface area contributed by atoms with Gasteiger partial charge >= 0.3 is 0 Å². The first-order valence-corrected chi connectivity index (χ1v) is 12.3. The first kappa shape index (κ1) is 25.4. The van der Waals surface area contributed by atoms with Crippen molar-refractivity contribution < 1.29 is 4.79 Å². The third-order valence-corrected chi connectivity index (χ3v) is 7.82. The van der Waals surface area contributed by atoms with Gasteiger partial charge in [0.05, 0.1) is 0 Å². The second-order valence-corrected chi connectivity index (χ2v) is 12.3. The van der Waals surface area contributed by atoms with Crippen LogP contribution in [0.25, 0.3) is 0 Å². The highest BCUT2D eigenvalue weighted by Gasteiger charge is 2.44. The number of benzene rings is 1. The molecule has 0 spiro atoms. The predicted molar refractivity (Wildman–Crippen MR) is 137 cm³/mol. The van der Waals surface area contributed by atoms with Crippen molar-refractivity contribution in [2.24, 2.45) is 22.7 Å². The summed E-state index contributed by atoms with van der Waals surface area (Å²) >= 11 is 0. The Balaban J connectivity index is 0.00000289. The third kappa shape index (κ3) is 5.80. The molecule has 32 heavy (non-hydrogen) atoms. The van der Waals surface area contributed by atoms with E-state index >= 15 is 0 Å². The molecule has 1 aliphatic heterocycles. The van der Waals surface area contributed by atoms with Crippen LogP contribution in [0.2, 0.25) is 0 Å². The number of rotatable bonds is 5. The Kier molecular flexibility index (Phi) is 7.56. The van der Waals surface area contributed by atoms with Crippen molar-refractivity contribution in [2.45, 2.75) is 59.3 Å². The summed E-state index contributed by atoms with van der Waals surface area (Å²) < 4.78 is 0. The van der Waals surface area contributed by atoms with Crippen LogP contribution in [-0.4, -0.2) is 62.5 Å². The fourth-order valence-corrected chi connectivity index (χ4v) is 6.77. The Bertz CT molecular complexity index is 782. The number of nitrogens with zero attached hydrogens (tertiary/aromatic N) is 3. The SMILES string of the molecule is CN(C)C(=O)C1CC1CN1CCN(c2ccccc2C2CC(C)(C)CC(C)(C)C2)CC1.Cl. The number of halogens is 1. The maximum atomic E-state index is 12.2. The van der Waals surface area contributed by atoms with E-state index in [0.29, 0.717) is 28.6 Å². The van der Waals surface area contributed by atoms with E-state index in [1.807, 2.05) is 14.1 Å². The molecule has 2 saturated carbocycles. The van der Waals surface area contributed by atoms with E-state index in [4.69, 9.17) is 0 Å². The maximum absolute atomic E-state index is 12.2. The summed E-state index contributed by atoms with van der Waals surface area (Å²) in [6.45, 7) is 15.3. The average Bonchev–Trinajstić information content (AvgIpc) is 3.44. The van der Waals surface area contributed by atoms with E-state index in [1.54, 1.807) is 10.5 Å². The maximum Gasteiger partial charge on any atom is 0.225 e. The zero-order chi connectivity index (χ0) is 22.4. The third-order valence-electron chi connectivity index (χ3n) is 7.82. The molecule has 4 nitrogen and oxygen atoms in total. The largest absolute Gasteiger partial charge is 0.369 e. The van der Waals surface area contributed by atoms with Gasteiger partial charge in [0.25, 0.3) is 0 Å². The van der Waals surface area contributed by atoms with E-state index in [2.05, 4.69) is 61.8 Å². The Labute approximate surface area is 202 Å². The molecule has 1 aromatic carbocycles. The highest BCUT2D eigenvalue weighted by atomic mass is 35.5. The summed E-state index contributed by atoms with van der Waals surface area (Å²) in [5.74, 6) is 1.81. The van der Waals surface area contributed by atoms with Crippen LogP contribution >= 0.6 is 12.4 Å². The zero-order valence-corrected chi connectivity index (χ0v) is 21.9. The van der Waals surface area contributed by atoms with Crippen molar-refractivity contribution >= 4 is 24.0 Å². The standard InChI is InChI=1S/C27H43N3O.ClH/c1-26(2)16-21(17-27(3,4)19-26)22-9-7-8-10-24(22)30-13-11-29(12-14-30)18-20-15-23(20)25(31)28(5)6;/h7-10,20-21,23H,11-19H2,1-6H3;1H. The molecule has 0 N–H and O–H groups in total. The molecule has 3 fully saturated rings. The molecule has 1 aromatic rings. The summed E-state index contributed by atoms with van der Waals surface area (Å²) in [4.78, 5) is 19.1. The lowest BCUT2D eigenvalue weighted by molar-refractivity contribution is -0.130. The molecule has 0 aromatic heterocycles. The highest BCUT2D eigenvalue weighted by Crippen LogP contribution is 2.53. The predicted octanol–water partition coefficient (Wildman–Crippen LogP) is 5.27. The van der Waals surface area contributed by atoms with Crippen LogP contribution in [-0.2, 0) is 4.79 Å². The quantitative estimate of drug-likeness (QED) is 0.597. The van der Waals surface area contributed by atoms with Crippen LogP contribution in [0.1, 0.15) is 64.9 Å². The van der Waals surface area contributed by atoms with Gasteiger partial charge in [-0.25, -0.2) is 0 Å². The van der Waals surface area contributed by atoms with Gasteiger partial charge in [-0.15, -0.1) is 12.4 Å². The number of para-hydroxylation sites is 1. The van der Waals surface area contributed by atoms with Gasteiger partial charge in [-0.2, -0.15) is 0 Å². The Morgan fingerprint density at radius 1 is 1.00 bits per heavy atom. The van der Waals surface area contributed by atoms with Gasteiger partial charge in [0.1, 0.15) is 0 Å². The van der Waals surface area contributed by atoms with Crippen LogP contribution < -0.4 is 4.90 Å². The van der Waals surface area contributed by atoms with E-state index < -0.39 is 0 Å². The smallest absolute Gasteiger partial charge is 0.225 e. The summed E-state index contributed by atoms with van der Waals surface area (Å²) in [5, 5.41) is 0. The van der Waals surface area contributed by atoms with Crippen LogP contribution in [0, 0.1) is 22.7 Å². The molecule has 0 bridgehead atoms. The van der Waals surface area contributed by atoms with E-state index in [1.165, 1.54) is 24.9 Å². The van der Waals surface area contributed by atoms with Crippen molar-refractivity contribution in [3.8, 4) is 0 Å². The summed E-state index contributed by atoms with van der Waals surface area (Å²) in [7, 11) is 3.75. The molecular weight excluding hydrogens is 418 g/mol. The zero-order valence-electron chi connectivity index (χ0n) is 21.1. The molecule has 5 heteroatoms. The molecule has 2 atom stereocenters. The molecular formula is C27H44ClN3O. The number of hydrogen-bond donors (Lipinski definition) is 0. The van der Waals surface area contributed by atoms with Crippen LogP contribution in [0.15, 0.2) is 24.3 Å². The van der Waals surface area contributed by atoms with Gasteiger partial charge in [0.2, 0.25) is 5.91 Å². The van der Waals surface area contributed by atoms with Gasteiger partial charge in [-0.1, -0.05) is 45.9 Å². The fraction of sp³-hybridized carbons (Fsp3) is 0.741. The Hall–Kier alpha value is -1.26. The normalized spacial score (nSPS) is 27.5. The van der Waals surface area contributed by atoms with Crippen molar-refractivity contribution in [1.29, 1.82) is 0 Å². The highest BCUT2D eigenvalue weighted by molar-refractivity contribution is 5.85. The monoisotopic (exact) mass is 461 g/mol. The number of anilines is 1. The van der Waals surface area contributed by atoms with E-state index in [9.17, 15) is 4.79 Å². The topological polar surface area (TPSA) is 26.8 Å². The van der Waals surface area contributed by atoms with Crippen LogP contribution in [0.4, 0.5) is 5.69 Å². The molecule has 1 amide bonds. The van der Waals surface area contributed by atoms with E-state index in [0.717, 1.165) is 39.1 Å². The lowest BCUT2D eigenvalue weighted by Gasteiger charge is -2.46.